The van der Waals surface area contributed by atoms with Crippen molar-refractivity contribution >= 4 is 17.6 Å². The van der Waals surface area contributed by atoms with Gasteiger partial charge in [0.25, 0.3) is 0 Å². The smallest absolute Gasteiger partial charge is 0.302 e. The lowest BCUT2D eigenvalue weighted by Gasteiger charge is -1.89. The highest BCUT2D eigenvalue weighted by Gasteiger charge is 1.81. The van der Waals surface area contributed by atoms with Crippen LogP contribution in [0.4, 0.5) is 4.39 Å². The predicted molar refractivity (Wildman–Crippen MR) is 34.1 cm³/mol. The second-order valence-corrected chi connectivity index (χ2v) is 1.23. The summed E-state index contributed by atoms with van der Waals surface area (Å²) in [6.45, 7) is 3.65. The van der Waals surface area contributed by atoms with Crippen LogP contribution in [0.3, 0.4) is 0 Å². The Bertz CT molecular complexity index is 68.0. The summed E-state index contributed by atoms with van der Waals surface area (Å²) in [5.74, 6) is -0.211. The summed E-state index contributed by atoms with van der Waals surface area (Å²) in [6.07, 6.45) is -0.778. The van der Waals surface area contributed by atoms with Gasteiger partial charge >= 0.3 is 5.97 Å². The third kappa shape index (κ3) is 34.4. The van der Waals surface area contributed by atoms with Crippen LogP contribution in [0.25, 0.3) is 0 Å². The van der Waals surface area contributed by atoms with E-state index in [0.717, 1.165) is 0 Å². The average Bonchev–Trinajstić information content (AvgIpc) is 1.67. The number of ether oxygens (including phenoxy) is 1. The fourth-order valence-electron chi connectivity index (χ4n) is 0.203. The molecule has 0 aliphatic carbocycles. The van der Waals surface area contributed by atoms with E-state index >= 15 is 0 Å². The third-order valence-corrected chi connectivity index (χ3v) is 0.348. The second-order valence-electron chi connectivity index (χ2n) is 1.03. The third-order valence-electron chi connectivity index (χ3n) is 0.348. The van der Waals surface area contributed by atoms with Gasteiger partial charge < -0.3 is 4.74 Å². The Morgan fingerprint density at radius 2 is 2.11 bits per heavy atom. The molecule has 0 aromatic rings. The zero-order valence-corrected chi connectivity index (χ0v) is 6.24. The van der Waals surface area contributed by atoms with Gasteiger partial charge in [0.2, 0.25) is 0 Å². The van der Waals surface area contributed by atoms with E-state index in [1.807, 2.05) is 0 Å². The van der Waals surface area contributed by atoms with Crippen molar-refractivity contribution in [3.8, 4) is 0 Å². The Kier molecular flexibility index (Phi) is 13.6. The van der Waals surface area contributed by atoms with E-state index in [4.69, 9.17) is 0 Å². The molecule has 0 atom stereocenters. The first kappa shape index (κ1) is 11.5. The van der Waals surface area contributed by atoms with Crippen LogP contribution in [-0.2, 0) is 9.53 Å². The Hall–Kier alpha value is -0.310. The molecule has 0 aromatic heterocycles. The van der Waals surface area contributed by atoms with Crippen molar-refractivity contribution in [3.05, 3.63) is 0 Å². The number of halogens is 2. The maximum Gasteiger partial charge on any atom is 0.302 e. The zero-order valence-electron chi connectivity index (χ0n) is 5.49. The minimum atomic E-state index is -0.778. The summed E-state index contributed by atoms with van der Waals surface area (Å²) in [4.78, 5) is 9.82. The fourth-order valence-corrected chi connectivity index (χ4v) is 0.203. The van der Waals surface area contributed by atoms with Crippen LogP contribution >= 0.6 is 11.6 Å². The highest BCUT2D eigenvalue weighted by atomic mass is 35.5. The molecule has 0 saturated carbocycles. The molecule has 0 aliphatic heterocycles. The number of hydrogen-bond donors (Lipinski definition) is 0. The van der Waals surface area contributed by atoms with Crippen LogP contribution in [0.2, 0.25) is 0 Å². The lowest BCUT2D eigenvalue weighted by Crippen LogP contribution is -1.95. The Balaban J connectivity index is 0. The molecule has 0 fully saturated rings. The molecule has 0 saturated heterocycles. The van der Waals surface area contributed by atoms with Crippen LogP contribution in [0, 0.1) is 0 Å². The monoisotopic (exact) mass is 156 g/mol. The number of carbonyl (C=O) groups is 1. The Morgan fingerprint density at radius 3 is 2.11 bits per heavy atom. The first-order valence-corrected chi connectivity index (χ1v) is 2.97. The molecule has 56 valence electrons. The molecular formula is C5H10ClFO2. The van der Waals surface area contributed by atoms with Crippen LogP contribution < -0.4 is 0 Å². The molecular weight excluding hydrogens is 147 g/mol. The molecule has 0 spiro atoms. The van der Waals surface area contributed by atoms with Crippen molar-refractivity contribution in [2.75, 3.05) is 12.7 Å². The van der Waals surface area contributed by atoms with E-state index in [0.29, 0.717) is 6.61 Å². The molecule has 0 heterocycles. The van der Waals surface area contributed by atoms with Gasteiger partial charge in [-0.2, -0.15) is 0 Å². The summed E-state index contributed by atoms with van der Waals surface area (Å²) in [7, 11) is 0. The van der Waals surface area contributed by atoms with Gasteiger partial charge in [-0.3, -0.25) is 4.79 Å². The van der Waals surface area contributed by atoms with E-state index in [9.17, 15) is 9.18 Å². The van der Waals surface area contributed by atoms with Gasteiger partial charge in [-0.15, -0.1) is 0 Å². The van der Waals surface area contributed by atoms with E-state index in [2.05, 4.69) is 16.3 Å². The van der Waals surface area contributed by atoms with Gasteiger partial charge in [0.1, 0.15) is 0 Å². The highest BCUT2D eigenvalue weighted by molar-refractivity contribution is 6.16. The van der Waals surface area contributed by atoms with Crippen molar-refractivity contribution in [2.24, 2.45) is 0 Å². The van der Waals surface area contributed by atoms with Gasteiger partial charge in [-0.25, -0.2) is 4.39 Å². The Morgan fingerprint density at radius 1 is 1.78 bits per heavy atom. The van der Waals surface area contributed by atoms with E-state index in [1.54, 1.807) is 6.92 Å². The predicted octanol–water partition coefficient (Wildman–Crippen LogP) is 1.72. The normalized spacial score (nSPS) is 7.11. The lowest BCUT2D eigenvalue weighted by atomic mass is 10.8. The van der Waals surface area contributed by atoms with Crippen molar-refractivity contribution in [3.63, 3.8) is 0 Å². The van der Waals surface area contributed by atoms with Gasteiger partial charge in [-0.05, 0) is 6.92 Å². The molecule has 0 rings (SSSR count). The Labute approximate surface area is 58.9 Å². The molecule has 0 bridgehead atoms. The standard InChI is InChI=1S/C4H8O2.CH2ClF/c1-3-6-4(2)5;2-1-3/h3H2,1-2H3;1H2. The second kappa shape index (κ2) is 10.6. The van der Waals surface area contributed by atoms with E-state index in [-0.39, 0.29) is 5.97 Å². The molecule has 0 amide bonds. The first-order chi connectivity index (χ1) is 4.18. The summed E-state index contributed by atoms with van der Waals surface area (Å²) in [5, 5.41) is 0. The minimum Gasteiger partial charge on any atom is -0.466 e. The van der Waals surface area contributed by atoms with Crippen molar-refractivity contribution in [1.29, 1.82) is 0 Å². The number of carbonyl (C=O) groups excluding carboxylic acids is 1. The highest BCUT2D eigenvalue weighted by Crippen LogP contribution is 1.69. The number of alkyl halides is 2. The summed E-state index contributed by atoms with van der Waals surface area (Å²) in [6, 6.07) is 0. The molecule has 2 nitrogen and oxygen atoms in total. The maximum absolute atomic E-state index is 10.1. The number of rotatable bonds is 1. The number of esters is 1. The molecule has 4 heteroatoms. The van der Waals surface area contributed by atoms with Gasteiger partial charge in [0, 0.05) is 6.92 Å². The first-order valence-electron chi connectivity index (χ1n) is 2.44. The molecule has 0 unspecified atom stereocenters. The molecule has 0 radical (unpaired) electrons. The van der Waals surface area contributed by atoms with Gasteiger partial charge in [0.05, 0.1) is 6.61 Å². The van der Waals surface area contributed by atoms with Gasteiger partial charge in [-0.1, -0.05) is 11.6 Å². The molecule has 0 aliphatic rings. The topological polar surface area (TPSA) is 26.3 Å². The maximum atomic E-state index is 10.1. The fraction of sp³-hybridized carbons (Fsp3) is 0.800. The molecule has 0 aromatic carbocycles. The molecule has 0 N–H and O–H groups in total. The van der Waals surface area contributed by atoms with E-state index in [1.165, 1.54) is 6.92 Å². The van der Waals surface area contributed by atoms with Crippen molar-refractivity contribution in [1.82, 2.24) is 0 Å². The summed E-state index contributed by atoms with van der Waals surface area (Å²) < 4.78 is 14.5. The van der Waals surface area contributed by atoms with Crippen LogP contribution in [0.1, 0.15) is 13.8 Å². The zero-order chi connectivity index (χ0) is 7.70. The van der Waals surface area contributed by atoms with Crippen LogP contribution in [0.5, 0.6) is 0 Å². The van der Waals surface area contributed by atoms with Crippen molar-refractivity contribution < 1.29 is 13.9 Å². The van der Waals surface area contributed by atoms with Gasteiger partial charge in [0.15, 0.2) is 6.13 Å². The van der Waals surface area contributed by atoms with E-state index < -0.39 is 6.13 Å². The largest absolute Gasteiger partial charge is 0.466 e. The van der Waals surface area contributed by atoms with Crippen molar-refractivity contribution in [2.45, 2.75) is 13.8 Å². The van der Waals surface area contributed by atoms with Crippen LogP contribution in [-0.4, -0.2) is 18.7 Å². The quantitative estimate of drug-likeness (QED) is 0.427. The summed E-state index contributed by atoms with van der Waals surface area (Å²) in [5.41, 5.74) is 0. The lowest BCUT2D eigenvalue weighted by molar-refractivity contribution is -0.140. The summed E-state index contributed by atoms with van der Waals surface area (Å²) >= 11 is 4.33. The minimum absolute atomic E-state index is 0.211. The van der Waals surface area contributed by atoms with Crippen LogP contribution in [0.15, 0.2) is 0 Å². The SMILES string of the molecule is CCOC(C)=O.FCCl. The average molecular weight is 157 g/mol. The number of hydrogen-bond acceptors (Lipinski definition) is 2. The molecule has 9 heavy (non-hydrogen) atoms.